The molecule has 1 fully saturated rings. The summed E-state index contributed by atoms with van der Waals surface area (Å²) in [6.45, 7) is 7.19. The van der Waals surface area contributed by atoms with Crippen LogP contribution >= 0.6 is 0 Å². The Morgan fingerprint density at radius 3 is 2.45 bits per heavy atom. The highest BCUT2D eigenvalue weighted by Gasteiger charge is 2.28. The van der Waals surface area contributed by atoms with Crippen molar-refractivity contribution in [3.8, 4) is 5.75 Å². The summed E-state index contributed by atoms with van der Waals surface area (Å²) in [5.41, 5.74) is 0.893. The van der Waals surface area contributed by atoms with E-state index in [0.717, 1.165) is 36.0 Å². The van der Waals surface area contributed by atoms with E-state index < -0.39 is 6.10 Å². The van der Waals surface area contributed by atoms with E-state index in [4.69, 9.17) is 4.74 Å². The molecule has 1 aromatic rings. The third-order valence-electron chi connectivity index (χ3n) is 4.59. The van der Waals surface area contributed by atoms with Crippen LogP contribution in [0.1, 0.15) is 58.1 Å². The summed E-state index contributed by atoms with van der Waals surface area (Å²) in [5, 5.41) is 10.6. The molecule has 2 rings (SSSR count). The molecule has 3 nitrogen and oxygen atoms in total. The summed E-state index contributed by atoms with van der Waals surface area (Å²) in [6, 6.07) is 1.93. The number of aliphatic hydroxyl groups is 1. The molecule has 0 saturated heterocycles. The van der Waals surface area contributed by atoms with Crippen LogP contribution in [0, 0.1) is 17.8 Å². The number of rotatable bonds is 5. The zero-order chi connectivity index (χ0) is 14.5. The molecule has 0 radical (unpaired) electrons. The van der Waals surface area contributed by atoms with Crippen LogP contribution < -0.4 is 4.74 Å². The molecule has 1 aliphatic rings. The van der Waals surface area contributed by atoms with Crippen molar-refractivity contribution < 1.29 is 9.84 Å². The second-order valence-electron chi connectivity index (χ2n) is 6.25. The van der Waals surface area contributed by atoms with Crippen molar-refractivity contribution in [2.75, 3.05) is 6.61 Å². The first-order valence-corrected chi connectivity index (χ1v) is 7.87. The van der Waals surface area contributed by atoms with Crippen LogP contribution in [0.5, 0.6) is 5.75 Å². The van der Waals surface area contributed by atoms with Crippen molar-refractivity contribution >= 4 is 0 Å². The summed E-state index contributed by atoms with van der Waals surface area (Å²) in [6.07, 6.45) is 7.76. The van der Waals surface area contributed by atoms with Crippen LogP contribution in [0.25, 0.3) is 0 Å². The highest BCUT2D eigenvalue weighted by atomic mass is 16.5. The third-order valence-corrected chi connectivity index (χ3v) is 4.59. The molecule has 1 N–H and O–H groups in total. The number of hydrogen-bond acceptors (Lipinski definition) is 3. The third kappa shape index (κ3) is 3.72. The van der Waals surface area contributed by atoms with E-state index in [1.807, 2.05) is 13.0 Å². The molecule has 1 unspecified atom stereocenters. The van der Waals surface area contributed by atoms with Gasteiger partial charge in [0.25, 0.3) is 0 Å². The summed E-state index contributed by atoms with van der Waals surface area (Å²) in [5.74, 6) is 2.70. The zero-order valence-corrected chi connectivity index (χ0v) is 12.9. The fraction of sp³-hybridized carbons (Fsp3) is 0.706. The van der Waals surface area contributed by atoms with Gasteiger partial charge in [0.05, 0.1) is 18.9 Å². The Hall–Kier alpha value is -1.09. The lowest BCUT2D eigenvalue weighted by Gasteiger charge is -2.33. The Kier molecular flexibility index (Phi) is 5.41. The Balaban J connectivity index is 1.98. The minimum Gasteiger partial charge on any atom is -0.492 e. The maximum absolute atomic E-state index is 10.6. The second-order valence-corrected chi connectivity index (χ2v) is 6.25. The number of pyridine rings is 1. The number of hydrogen-bond donors (Lipinski definition) is 1. The Bertz CT molecular complexity index is 411. The van der Waals surface area contributed by atoms with Crippen LogP contribution in [0.3, 0.4) is 0 Å². The molecule has 1 heterocycles. The van der Waals surface area contributed by atoms with E-state index in [1.165, 1.54) is 12.8 Å². The van der Waals surface area contributed by atoms with Crippen molar-refractivity contribution in [3.05, 3.63) is 24.0 Å². The van der Waals surface area contributed by atoms with Gasteiger partial charge in [-0.1, -0.05) is 13.8 Å². The van der Waals surface area contributed by atoms with Crippen molar-refractivity contribution in [1.82, 2.24) is 4.98 Å². The van der Waals surface area contributed by atoms with Gasteiger partial charge in [0.15, 0.2) is 0 Å². The van der Waals surface area contributed by atoms with Crippen LogP contribution in [-0.4, -0.2) is 16.7 Å². The minimum atomic E-state index is -0.406. The summed E-state index contributed by atoms with van der Waals surface area (Å²) in [4.78, 5) is 4.18. The van der Waals surface area contributed by atoms with Gasteiger partial charge in [0, 0.05) is 11.8 Å². The number of aromatic nitrogens is 1. The fourth-order valence-corrected chi connectivity index (χ4v) is 3.24. The van der Waals surface area contributed by atoms with Crippen molar-refractivity contribution in [2.24, 2.45) is 17.8 Å². The smallest absolute Gasteiger partial charge is 0.137 e. The van der Waals surface area contributed by atoms with E-state index >= 15 is 0 Å². The largest absolute Gasteiger partial charge is 0.492 e. The van der Waals surface area contributed by atoms with Crippen LogP contribution in [0.4, 0.5) is 0 Å². The molecule has 0 aromatic carbocycles. The predicted molar refractivity (Wildman–Crippen MR) is 80.7 cm³/mol. The van der Waals surface area contributed by atoms with Crippen molar-refractivity contribution in [3.63, 3.8) is 0 Å². The summed E-state index contributed by atoms with van der Waals surface area (Å²) in [7, 11) is 0. The standard InChI is InChI=1S/C17H27NO2/c1-4-20-16-9-15(10-18-11-16)17(19)14-7-5-13(6-8-14)12(2)3/h9-14,17,19H,4-8H2,1-3H3. The first kappa shape index (κ1) is 15.3. The Morgan fingerprint density at radius 1 is 1.20 bits per heavy atom. The molecule has 1 aromatic heterocycles. The van der Waals surface area contributed by atoms with E-state index in [2.05, 4.69) is 18.8 Å². The molecule has 1 atom stereocenters. The Labute approximate surface area is 122 Å². The Morgan fingerprint density at radius 2 is 1.85 bits per heavy atom. The predicted octanol–water partition coefficient (Wildman–Crippen LogP) is 3.98. The number of ether oxygens (including phenoxy) is 1. The molecular formula is C17H27NO2. The highest BCUT2D eigenvalue weighted by molar-refractivity contribution is 5.25. The topological polar surface area (TPSA) is 42.4 Å². The van der Waals surface area contributed by atoms with Crippen LogP contribution in [-0.2, 0) is 0 Å². The highest BCUT2D eigenvalue weighted by Crippen LogP contribution is 2.39. The molecule has 112 valence electrons. The zero-order valence-electron chi connectivity index (χ0n) is 12.9. The number of nitrogens with zero attached hydrogens (tertiary/aromatic N) is 1. The van der Waals surface area contributed by atoms with Gasteiger partial charge in [-0.2, -0.15) is 0 Å². The van der Waals surface area contributed by atoms with Gasteiger partial charge < -0.3 is 9.84 Å². The fourth-order valence-electron chi connectivity index (χ4n) is 3.24. The van der Waals surface area contributed by atoms with Gasteiger partial charge in [0.1, 0.15) is 5.75 Å². The quantitative estimate of drug-likeness (QED) is 0.885. The molecular weight excluding hydrogens is 250 g/mol. The van der Waals surface area contributed by atoms with E-state index in [1.54, 1.807) is 12.4 Å². The van der Waals surface area contributed by atoms with Gasteiger partial charge in [-0.25, -0.2) is 0 Å². The van der Waals surface area contributed by atoms with E-state index in [-0.39, 0.29) is 0 Å². The molecule has 3 heteroatoms. The first-order valence-electron chi connectivity index (χ1n) is 7.87. The molecule has 1 saturated carbocycles. The number of aliphatic hydroxyl groups excluding tert-OH is 1. The molecule has 1 aliphatic carbocycles. The molecule has 0 aliphatic heterocycles. The second kappa shape index (κ2) is 7.07. The lowest BCUT2D eigenvalue weighted by atomic mass is 9.74. The van der Waals surface area contributed by atoms with Gasteiger partial charge in [-0.3, -0.25) is 4.98 Å². The summed E-state index contributed by atoms with van der Waals surface area (Å²) >= 11 is 0. The van der Waals surface area contributed by atoms with Crippen molar-refractivity contribution in [2.45, 2.75) is 52.6 Å². The first-order chi connectivity index (χ1) is 9.61. The molecule has 0 bridgehead atoms. The lowest BCUT2D eigenvalue weighted by molar-refractivity contribution is 0.0663. The normalized spacial score (nSPS) is 24.6. The maximum atomic E-state index is 10.6. The van der Waals surface area contributed by atoms with Gasteiger partial charge >= 0.3 is 0 Å². The molecule has 0 spiro atoms. The van der Waals surface area contributed by atoms with Crippen LogP contribution in [0.2, 0.25) is 0 Å². The average Bonchev–Trinajstić information content (AvgIpc) is 2.47. The SMILES string of the molecule is CCOc1cncc(C(O)C2CCC(C(C)C)CC2)c1. The molecule has 20 heavy (non-hydrogen) atoms. The minimum absolute atomic E-state index is 0.365. The van der Waals surface area contributed by atoms with Gasteiger partial charge in [-0.05, 0) is 56.4 Å². The van der Waals surface area contributed by atoms with Gasteiger partial charge in [-0.15, -0.1) is 0 Å². The lowest BCUT2D eigenvalue weighted by Crippen LogP contribution is -2.23. The molecule has 0 amide bonds. The summed E-state index contributed by atoms with van der Waals surface area (Å²) < 4.78 is 5.46. The van der Waals surface area contributed by atoms with Crippen LogP contribution in [0.15, 0.2) is 18.5 Å². The van der Waals surface area contributed by atoms with Crippen molar-refractivity contribution in [1.29, 1.82) is 0 Å². The average molecular weight is 277 g/mol. The maximum Gasteiger partial charge on any atom is 0.137 e. The van der Waals surface area contributed by atoms with E-state index in [0.29, 0.717) is 12.5 Å². The monoisotopic (exact) mass is 277 g/mol. The van der Waals surface area contributed by atoms with Gasteiger partial charge in [0.2, 0.25) is 0 Å². The van der Waals surface area contributed by atoms with E-state index in [9.17, 15) is 5.11 Å².